The number of imide groups is 1. The van der Waals surface area contributed by atoms with Crippen molar-refractivity contribution in [3.8, 4) is 0 Å². The summed E-state index contributed by atoms with van der Waals surface area (Å²) in [5.74, 6) is -1.16. The first-order valence-electron chi connectivity index (χ1n) is 6.60. The van der Waals surface area contributed by atoms with Gasteiger partial charge in [0, 0.05) is 21.2 Å². The van der Waals surface area contributed by atoms with E-state index in [0.29, 0.717) is 21.2 Å². The van der Waals surface area contributed by atoms with Crippen molar-refractivity contribution >= 4 is 40.9 Å². The zero-order valence-corrected chi connectivity index (χ0v) is 13.4. The second-order valence-electron chi connectivity index (χ2n) is 4.75. The van der Waals surface area contributed by atoms with Crippen LogP contribution < -0.4 is 11.1 Å². The van der Waals surface area contributed by atoms with Crippen molar-refractivity contribution in [2.45, 2.75) is 6.42 Å². The average molecular weight is 350 g/mol. The number of amides is 2. The number of nitrogens with one attached hydrogen (secondary N) is 2. The monoisotopic (exact) mass is 349 g/mol. The molecule has 0 heterocycles. The lowest BCUT2D eigenvalue weighted by Crippen LogP contribution is -2.31. The van der Waals surface area contributed by atoms with Crippen LogP contribution in [0.3, 0.4) is 0 Å². The number of amidine groups is 1. The number of nitrogens with two attached hydrogens (primary N) is 1. The highest BCUT2D eigenvalue weighted by Crippen LogP contribution is 2.24. The summed E-state index contributed by atoms with van der Waals surface area (Å²) in [6.07, 6.45) is -0.101. The Labute approximate surface area is 142 Å². The molecule has 0 fully saturated rings. The molecular formula is C16H13Cl2N3O2. The van der Waals surface area contributed by atoms with E-state index in [1.54, 1.807) is 18.2 Å². The molecule has 2 rings (SSSR count). The smallest absolute Gasteiger partial charge is 0.257 e. The van der Waals surface area contributed by atoms with E-state index in [1.165, 1.54) is 24.3 Å². The fourth-order valence-corrected chi connectivity index (χ4v) is 2.44. The molecule has 118 valence electrons. The summed E-state index contributed by atoms with van der Waals surface area (Å²) in [7, 11) is 0. The summed E-state index contributed by atoms with van der Waals surface area (Å²) < 4.78 is 0. The Morgan fingerprint density at radius 2 is 1.52 bits per heavy atom. The number of halogens is 2. The Kier molecular flexibility index (Phi) is 5.36. The normalized spacial score (nSPS) is 10.2. The molecule has 0 aromatic heterocycles. The number of hydrogen-bond donors (Lipinski definition) is 3. The molecule has 0 saturated heterocycles. The van der Waals surface area contributed by atoms with Gasteiger partial charge in [-0.15, -0.1) is 0 Å². The molecular weight excluding hydrogens is 337 g/mol. The largest absolute Gasteiger partial charge is 0.384 e. The number of rotatable bonds is 4. The van der Waals surface area contributed by atoms with E-state index in [9.17, 15) is 9.59 Å². The molecule has 0 bridgehead atoms. The summed E-state index contributed by atoms with van der Waals surface area (Å²) in [4.78, 5) is 24.0. The van der Waals surface area contributed by atoms with Crippen LogP contribution in [0.5, 0.6) is 0 Å². The van der Waals surface area contributed by atoms with E-state index in [2.05, 4.69) is 5.32 Å². The third-order valence-electron chi connectivity index (χ3n) is 3.11. The fourth-order valence-electron chi connectivity index (χ4n) is 1.91. The van der Waals surface area contributed by atoms with Crippen molar-refractivity contribution in [1.29, 1.82) is 5.41 Å². The Balaban J connectivity index is 2.05. The van der Waals surface area contributed by atoms with Crippen LogP contribution in [0.4, 0.5) is 0 Å². The van der Waals surface area contributed by atoms with Crippen LogP contribution in [0.25, 0.3) is 0 Å². The first-order chi connectivity index (χ1) is 10.9. The van der Waals surface area contributed by atoms with Gasteiger partial charge >= 0.3 is 0 Å². The van der Waals surface area contributed by atoms with Gasteiger partial charge in [-0.2, -0.15) is 0 Å². The summed E-state index contributed by atoms with van der Waals surface area (Å²) in [5.41, 5.74) is 6.59. The third kappa shape index (κ3) is 4.31. The molecule has 2 amide bonds. The number of carbonyl (C=O) groups excluding carboxylic acids is 2. The van der Waals surface area contributed by atoms with Gasteiger partial charge < -0.3 is 5.73 Å². The predicted molar refractivity (Wildman–Crippen MR) is 90.1 cm³/mol. The molecule has 7 heteroatoms. The third-order valence-corrected chi connectivity index (χ3v) is 3.82. The highest BCUT2D eigenvalue weighted by molar-refractivity contribution is 6.36. The van der Waals surface area contributed by atoms with Gasteiger partial charge in [-0.05, 0) is 29.8 Å². The van der Waals surface area contributed by atoms with Gasteiger partial charge in [0.15, 0.2) is 0 Å². The van der Waals surface area contributed by atoms with Gasteiger partial charge in [0.05, 0.1) is 6.42 Å². The maximum atomic E-state index is 12.0. The quantitative estimate of drug-likeness (QED) is 0.584. The van der Waals surface area contributed by atoms with Crippen molar-refractivity contribution in [3.63, 3.8) is 0 Å². The van der Waals surface area contributed by atoms with Gasteiger partial charge in [-0.25, -0.2) is 0 Å². The van der Waals surface area contributed by atoms with E-state index in [-0.39, 0.29) is 17.8 Å². The molecule has 0 aliphatic rings. The second kappa shape index (κ2) is 7.26. The maximum Gasteiger partial charge on any atom is 0.257 e. The number of benzene rings is 2. The van der Waals surface area contributed by atoms with Crippen molar-refractivity contribution in [1.82, 2.24) is 5.32 Å². The van der Waals surface area contributed by atoms with Crippen molar-refractivity contribution in [2.24, 2.45) is 5.73 Å². The van der Waals surface area contributed by atoms with Crippen molar-refractivity contribution in [3.05, 3.63) is 69.2 Å². The Bertz CT molecular complexity index is 753. The van der Waals surface area contributed by atoms with E-state index >= 15 is 0 Å². The van der Waals surface area contributed by atoms with Crippen LogP contribution in [-0.2, 0) is 11.2 Å². The minimum Gasteiger partial charge on any atom is -0.384 e. The molecule has 2 aromatic carbocycles. The van der Waals surface area contributed by atoms with E-state index in [4.69, 9.17) is 34.3 Å². The second-order valence-corrected chi connectivity index (χ2v) is 5.56. The van der Waals surface area contributed by atoms with Crippen molar-refractivity contribution < 1.29 is 9.59 Å². The van der Waals surface area contributed by atoms with Crippen LogP contribution in [0, 0.1) is 5.41 Å². The highest BCUT2D eigenvalue weighted by Gasteiger charge is 2.14. The van der Waals surface area contributed by atoms with Crippen LogP contribution in [0.2, 0.25) is 10.0 Å². The SMILES string of the molecule is N=C(N)c1ccc(C(=O)NC(=O)Cc2c(Cl)cccc2Cl)cc1. The molecule has 0 spiro atoms. The molecule has 0 aliphatic heterocycles. The lowest BCUT2D eigenvalue weighted by atomic mass is 10.1. The maximum absolute atomic E-state index is 12.0. The van der Waals surface area contributed by atoms with Gasteiger partial charge in [0.1, 0.15) is 5.84 Å². The van der Waals surface area contributed by atoms with Gasteiger partial charge in [-0.3, -0.25) is 20.3 Å². The first-order valence-corrected chi connectivity index (χ1v) is 7.35. The topological polar surface area (TPSA) is 96.0 Å². The molecule has 0 aliphatic carbocycles. The lowest BCUT2D eigenvalue weighted by molar-refractivity contribution is -0.119. The number of carbonyl (C=O) groups is 2. The van der Waals surface area contributed by atoms with Gasteiger partial charge in [0.25, 0.3) is 5.91 Å². The molecule has 0 atom stereocenters. The standard InChI is InChI=1S/C16H13Cl2N3O2/c17-12-2-1-3-13(18)11(12)8-14(22)21-16(23)10-6-4-9(5-7-10)15(19)20/h1-7H,8H2,(H3,19,20)(H,21,22,23). The van der Waals surface area contributed by atoms with Gasteiger partial charge in [0.2, 0.25) is 5.91 Å². The minimum absolute atomic E-state index is 0.0959. The van der Waals surface area contributed by atoms with Crippen LogP contribution >= 0.6 is 23.2 Å². The Morgan fingerprint density at radius 3 is 2.04 bits per heavy atom. The van der Waals surface area contributed by atoms with Gasteiger partial charge in [-0.1, -0.05) is 41.4 Å². The molecule has 2 aromatic rings. The van der Waals surface area contributed by atoms with E-state index < -0.39 is 11.8 Å². The molecule has 5 nitrogen and oxygen atoms in total. The zero-order valence-electron chi connectivity index (χ0n) is 11.9. The van der Waals surface area contributed by atoms with Crippen LogP contribution in [-0.4, -0.2) is 17.6 Å². The first kappa shape index (κ1) is 17.0. The molecule has 4 N–H and O–H groups in total. The van der Waals surface area contributed by atoms with Crippen LogP contribution in [0.15, 0.2) is 42.5 Å². The summed E-state index contributed by atoms with van der Waals surface area (Å²) in [5, 5.41) is 10.3. The molecule has 23 heavy (non-hydrogen) atoms. The predicted octanol–water partition coefficient (Wildman–Crippen LogP) is 2.78. The Hall–Kier alpha value is -2.37. The number of hydrogen-bond acceptors (Lipinski definition) is 3. The summed E-state index contributed by atoms with van der Waals surface area (Å²) >= 11 is 12.0. The minimum atomic E-state index is -0.548. The fraction of sp³-hybridized carbons (Fsp3) is 0.0625. The summed E-state index contributed by atoms with van der Waals surface area (Å²) in [6.45, 7) is 0. The van der Waals surface area contributed by atoms with Crippen molar-refractivity contribution in [2.75, 3.05) is 0 Å². The molecule has 0 saturated carbocycles. The number of nitrogen functional groups attached to an aromatic ring is 1. The highest BCUT2D eigenvalue weighted by atomic mass is 35.5. The van der Waals surface area contributed by atoms with E-state index in [1.807, 2.05) is 0 Å². The van der Waals surface area contributed by atoms with Crippen LogP contribution in [0.1, 0.15) is 21.5 Å². The average Bonchev–Trinajstić information content (AvgIpc) is 2.51. The molecule has 0 unspecified atom stereocenters. The summed E-state index contributed by atoms with van der Waals surface area (Å²) in [6, 6.07) is 11.0. The zero-order chi connectivity index (χ0) is 17.0. The van der Waals surface area contributed by atoms with E-state index in [0.717, 1.165) is 0 Å². The molecule has 0 radical (unpaired) electrons. The lowest BCUT2D eigenvalue weighted by Gasteiger charge is -2.08. The Morgan fingerprint density at radius 1 is 1.00 bits per heavy atom.